The number of unbranched alkanes of at least 4 members (excludes halogenated alkanes) is 28. The molecule has 0 aromatic rings. The molecule has 0 radical (unpaired) electrons. The van der Waals surface area contributed by atoms with E-state index in [1.54, 1.807) is 0 Å². The van der Waals surface area contributed by atoms with Crippen molar-refractivity contribution >= 4 is 17.9 Å². The summed E-state index contributed by atoms with van der Waals surface area (Å²) in [6.45, 7) is 6.54. The fourth-order valence-electron chi connectivity index (χ4n) is 7.40. The van der Waals surface area contributed by atoms with E-state index in [2.05, 4.69) is 106 Å². The monoisotopic (exact) mass is 905 g/mol. The molecule has 0 N–H and O–H groups in total. The van der Waals surface area contributed by atoms with Crippen LogP contribution in [0.1, 0.15) is 252 Å². The van der Waals surface area contributed by atoms with E-state index in [4.69, 9.17) is 14.2 Å². The highest BCUT2D eigenvalue weighted by Crippen LogP contribution is 2.14. The highest BCUT2D eigenvalue weighted by Gasteiger charge is 2.19. The molecule has 372 valence electrons. The molecule has 6 nitrogen and oxygen atoms in total. The number of allylic oxidation sites excluding steroid dienone is 14. The number of hydrogen-bond donors (Lipinski definition) is 0. The second-order valence-electron chi connectivity index (χ2n) is 17.9. The first kappa shape index (κ1) is 61.6. The van der Waals surface area contributed by atoms with Crippen molar-refractivity contribution in [3.8, 4) is 0 Å². The molecular formula is C59H100O6. The summed E-state index contributed by atoms with van der Waals surface area (Å²) in [6, 6.07) is 0. The first-order valence-corrected chi connectivity index (χ1v) is 27.2. The molecular weight excluding hydrogens is 805 g/mol. The lowest BCUT2D eigenvalue weighted by atomic mass is 10.1. The summed E-state index contributed by atoms with van der Waals surface area (Å²) in [5.74, 6) is -0.934. The van der Waals surface area contributed by atoms with Crippen LogP contribution in [0.4, 0.5) is 0 Å². The minimum Gasteiger partial charge on any atom is -0.462 e. The highest BCUT2D eigenvalue weighted by atomic mass is 16.6. The van der Waals surface area contributed by atoms with Crippen LogP contribution in [-0.2, 0) is 28.6 Å². The molecule has 0 aliphatic heterocycles. The van der Waals surface area contributed by atoms with Gasteiger partial charge in [-0.25, -0.2) is 0 Å². The molecule has 0 spiro atoms. The summed E-state index contributed by atoms with van der Waals surface area (Å²) in [6.07, 6.45) is 68.4. The third kappa shape index (κ3) is 51.4. The standard InChI is InChI=1S/C59H100O6/c1-4-7-10-13-16-19-22-24-26-28-30-32-34-37-40-43-46-49-52-58(61)64-55-56(54-63-57(60)51-48-45-42-39-36-21-18-15-12-9-6-3)65-59(62)53-50-47-44-41-38-35-33-31-29-27-25-23-20-17-14-11-8-5-2/h16,19,22-33,56H,4-15,17-18,20-21,34-55H2,1-3H3/b19-16-,24-22-,25-23-,28-26-,29-27-,32-30-,33-31-. The largest absolute Gasteiger partial charge is 0.462 e. The Bertz CT molecular complexity index is 1270. The molecule has 1 atom stereocenters. The zero-order valence-electron chi connectivity index (χ0n) is 42.5. The Morgan fingerprint density at radius 3 is 0.892 bits per heavy atom. The van der Waals surface area contributed by atoms with E-state index in [9.17, 15) is 14.4 Å². The van der Waals surface area contributed by atoms with Crippen LogP contribution in [0, 0.1) is 0 Å². The summed E-state index contributed by atoms with van der Waals surface area (Å²) < 4.78 is 16.8. The Kier molecular flexibility index (Phi) is 50.4. The average Bonchev–Trinajstić information content (AvgIpc) is 3.30. The summed E-state index contributed by atoms with van der Waals surface area (Å²) in [5.41, 5.74) is 0. The van der Waals surface area contributed by atoms with Crippen LogP contribution in [0.25, 0.3) is 0 Å². The third-order valence-corrected chi connectivity index (χ3v) is 11.5. The van der Waals surface area contributed by atoms with Gasteiger partial charge >= 0.3 is 17.9 Å². The summed E-state index contributed by atoms with van der Waals surface area (Å²) in [5, 5.41) is 0. The molecule has 0 aliphatic carbocycles. The molecule has 0 amide bonds. The van der Waals surface area contributed by atoms with Crippen LogP contribution in [0.3, 0.4) is 0 Å². The maximum Gasteiger partial charge on any atom is 0.306 e. The normalized spacial score (nSPS) is 12.7. The Balaban J connectivity index is 4.46. The van der Waals surface area contributed by atoms with Crippen molar-refractivity contribution < 1.29 is 28.6 Å². The van der Waals surface area contributed by atoms with Crippen molar-refractivity contribution in [3.05, 3.63) is 85.1 Å². The zero-order chi connectivity index (χ0) is 47.2. The molecule has 0 aromatic heterocycles. The molecule has 0 saturated heterocycles. The van der Waals surface area contributed by atoms with Gasteiger partial charge in [0.25, 0.3) is 0 Å². The summed E-state index contributed by atoms with van der Waals surface area (Å²) in [7, 11) is 0. The minimum atomic E-state index is -0.796. The van der Waals surface area contributed by atoms with Gasteiger partial charge in [-0.3, -0.25) is 14.4 Å². The van der Waals surface area contributed by atoms with E-state index in [1.807, 2.05) is 0 Å². The lowest BCUT2D eigenvalue weighted by molar-refractivity contribution is -0.167. The van der Waals surface area contributed by atoms with Gasteiger partial charge in [0.15, 0.2) is 6.10 Å². The maximum atomic E-state index is 12.8. The van der Waals surface area contributed by atoms with E-state index in [0.29, 0.717) is 19.3 Å². The number of esters is 3. The van der Waals surface area contributed by atoms with Crippen LogP contribution >= 0.6 is 0 Å². The average molecular weight is 905 g/mol. The molecule has 65 heavy (non-hydrogen) atoms. The van der Waals surface area contributed by atoms with Crippen molar-refractivity contribution in [1.82, 2.24) is 0 Å². The molecule has 0 rings (SSSR count). The van der Waals surface area contributed by atoms with E-state index >= 15 is 0 Å². The lowest BCUT2D eigenvalue weighted by Gasteiger charge is -2.18. The Morgan fingerprint density at radius 1 is 0.308 bits per heavy atom. The van der Waals surface area contributed by atoms with Crippen LogP contribution < -0.4 is 0 Å². The van der Waals surface area contributed by atoms with Gasteiger partial charge in [-0.2, -0.15) is 0 Å². The second-order valence-corrected chi connectivity index (χ2v) is 17.9. The predicted molar refractivity (Wildman–Crippen MR) is 279 cm³/mol. The van der Waals surface area contributed by atoms with Crippen molar-refractivity contribution in [2.75, 3.05) is 13.2 Å². The van der Waals surface area contributed by atoms with Crippen molar-refractivity contribution in [2.24, 2.45) is 0 Å². The quantitative estimate of drug-likeness (QED) is 0.0262. The molecule has 6 heteroatoms. The van der Waals surface area contributed by atoms with Crippen LogP contribution in [0.15, 0.2) is 85.1 Å². The minimum absolute atomic E-state index is 0.0918. The maximum absolute atomic E-state index is 12.8. The number of hydrogen-bond acceptors (Lipinski definition) is 6. The smallest absolute Gasteiger partial charge is 0.306 e. The van der Waals surface area contributed by atoms with Crippen molar-refractivity contribution in [3.63, 3.8) is 0 Å². The number of carbonyl (C=O) groups excluding carboxylic acids is 3. The lowest BCUT2D eigenvalue weighted by Crippen LogP contribution is -2.30. The summed E-state index contributed by atoms with van der Waals surface area (Å²) >= 11 is 0. The van der Waals surface area contributed by atoms with E-state index in [0.717, 1.165) is 109 Å². The van der Waals surface area contributed by atoms with Gasteiger partial charge in [0.05, 0.1) is 0 Å². The Morgan fingerprint density at radius 2 is 0.554 bits per heavy atom. The number of rotatable bonds is 48. The fraction of sp³-hybridized carbons (Fsp3) is 0.712. The van der Waals surface area contributed by atoms with Crippen molar-refractivity contribution in [1.29, 1.82) is 0 Å². The molecule has 0 bridgehead atoms. The Hall–Kier alpha value is -3.41. The van der Waals surface area contributed by atoms with Crippen LogP contribution in [0.5, 0.6) is 0 Å². The van der Waals surface area contributed by atoms with Gasteiger partial charge in [-0.1, -0.05) is 247 Å². The first-order valence-electron chi connectivity index (χ1n) is 27.2. The van der Waals surface area contributed by atoms with Crippen LogP contribution in [0.2, 0.25) is 0 Å². The fourth-order valence-corrected chi connectivity index (χ4v) is 7.40. The topological polar surface area (TPSA) is 78.9 Å². The molecule has 0 fully saturated rings. The number of ether oxygens (including phenoxy) is 3. The first-order chi connectivity index (χ1) is 32.0. The van der Waals surface area contributed by atoms with Gasteiger partial charge in [0.1, 0.15) is 13.2 Å². The van der Waals surface area contributed by atoms with Gasteiger partial charge < -0.3 is 14.2 Å². The second kappa shape index (κ2) is 53.2. The molecule has 0 aliphatic rings. The molecule has 0 aromatic carbocycles. The van der Waals surface area contributed by atoms with E-state index in [-0.39, 0.29) is 31.1 Å². The van der Waals surface area contributed by atoms with Gasteiger partial charge in [0, 0.05) is 19.3 Å². The van der Waals surface area contributed by atoms with Gasteiger partial charge in [0.2, 0.25) is 0 Å². The highest BCUT2D eigenvalue weighted by molar-refractivity contribution is 5.71. The van der Waals surface area contributed by atoms with E-state index < -0.39 is 6.10 Å². The third-order valence-electron chi connectivity index (χ3n) is 11.5. The zero-order valence-corrected chi connectivity index (χ0v) is 42.5. The van der Waals surface area contributed by atoms with E-state index in [1.165, 1.54) is 103 Å². The summed E-state index contributed by atoms with van der Waals surface area (Å²) in [4.78, 5) is 38.0. The van der Waals surface area contributed by atoms with Crippen molar-refractivity contribution in [2.45, 2.75) is 258 Å². The number of carbonyl (C=O) groups is 3. The SMILES string of the molecule is CCCCC\C=C/C=C\C=C/C=C\CCCCCCCC(=O)OCC(COC(=O)CCCCCCCCCCCCC)OC(=O)CCCCCCC\C=C/C=C\C=C/CCCCCCC. The van der Waals surface area contributed by atoms with Gasteiger partial charge in [-0.05, 0) is 70.6 Å². The van der Waals surface area contributed by atoms with Crippen LogP contribution in [-0.4, -0.2) is 37.2 Å². The molecule has 1 unspecified atom stereocenters. The predicted octanol–water partition coefficient (Wildman–Crippen LogP) is 18.0. The van der Waals surface area contributed by atoms with Gasteiger partial charge in [-0.15, -0.1) is 0 Å². The molecule has 0 saturated carbocycles. The molecule has 0 heterocycles. The Labute approximate surface area is 401 Å².